The summed E-state index contributed by atoms with van der Waals surface area (Å²) in [5.74, 6) is 0.406. The van der Waals surface area contributed by atoms with E-state index in [9.17, 15) is 20.4 Å². The van der Waals surface area contributed by atoms with Gasteiger partial charge in [-0.25, -0.2) is 9.97 Å². The van der Waals surface area contributed by atoms with Crippen molar-refractivity contribution < 1.29 is 29.9 Å². The van der Waals surface area contributed by atoms with Crippen LogP contribution in [0.15, 0.2) is 55.0 Å². The quantitative estimate of drug-likeness (QED) is 0.512. The summed E-state index contributed by atoms with van der Waals surface area (Å²) < 4.78 is 11.0. The zero-order valence-corrected chi connectivity index (χ0v) is 14.8. The minimum atomic E-state index is -1.48. The molecule has 8 heteroatoms. The molecular weight excluding hydrogens is 364 g/mol. The first-order valence-corrected chi connectivity index (χ1v) is 8.85. The average molecular weight is 384 g/mol. The Morgan fingerprint density at radius 2 is 1.75 bits per heavy atom. The second-order valence-corrected chi connectivity index (χ2v) is 6.61. The number of hydrogen-bond donors (Lipinski definition) is 4. The number of rotatable bonds is 4. The fraction of sp³-hybridized carbons (Fsp3) is 0.300. The second-order valence-electron chi connectivity index (χ2n) is 6.61. The van der Waals surface area contributed by atoms with E-state index in [1.807, 2.05) is 30.3 Å². The Kier molecular flexibility index (Phi) is 5.21. The predicted octanol–water partition coefficient (Wildman–Crippen LogP) is 0.475. The highest BCUT2D eigenvalue weighted by molar-refractivity contribution is 5.92. The van der Waals surface area contributed by atoms with Crippen molar-refractivity contribution in [2.24, 2.45) is 0 Å². The van der Waals surface area contributed by atoms with Gasteiger partial charge >= 0.3 is 0 Å². The van der Waals surface area contributed by atoms with E-state index in [1.165, 1.54) is 6.33 Å². The highest BCUT2D eigenvalue weighted by atomic mass is 16.7. The monoisotopic (exact) mass is 384 g/mol. The lowest BCUT2D eigenvalue weighted by atomic mass is 9.99. The molecule has 0 amide bonds. The summed E-state index contributed by atoms with van der Waals surface area (Å²) >= 11 is 0. The van der Waals surface area contributed by atoms with Crippen LogP contribution < -0.4 is 4.74 Å². The van der Waals surface area contributed by atoms with E-state index in [1.54, 1.807) is 18.3 Å². The van der Waals surface area contributed by atoms with Crippen molar-refractivity contribution >= 4 is 10.9 Å². The average Bonchev–Trinajstić information content (AvgIpc) is 2.74. The topological polar surface area (TPSA) is 125 Å². The first-order chi connectivity index (χ1) is 13.6. The Bertz CT molecular complexity index is 944. The zero-order chi connectivity index (χ0) is 19.7. The van der Waals surface area contributed by atoms with E-state index in [0.29, 0.717) is 5.75 Å². The Balaban J connectivity index is 1.55. The molecule has 0 spiro atoms. The molecule has 2 aromatic carbocycles. The molecular formula is C20H20N2O6. The third-order valence-corrected chi connectivity index (χ3v) is 4.80. The normalized spacial score (nSPS) is 27.6. The number of hydrogen-bond acceptors (Lipinski definition) is 8. The van der Waals surface area contributed by atoms with Gasteiger partial charge in [0.1, 0.15) is 36.5 Å². The van der Waals surface area contributed by atoms with Crippen molar-refractivity contribution in [1.82, 2.24) is 9.97 Å². The summed E-state index contributed by atoms with van der Waals surface area (Å²) in [7, 11) is 0. The van der Waals surface area contributed by atoms with Crippen molar-refractivity contribution in [1.29, 1.82) is 0 Å². The molecule has 1 aromatic heterocycles. The van der Waals surface area contributed by atoms with E-state index in [-0.39, 0.29) is 0 Å². The lowest BCUT2D eigenvalue weighted by Gasteiger charge is -2.39. The van der Waals surface area contributed by atoms with Crippen molar-refractivity contribution in [2.45, 2.75) is 30.7 Å². The van der Waals surface area contributed by atoms with Crippen LogP contribution in [-0.4, -0.2) is 67.7 Å². The van der Waals surface area contributed by atoms with Gasteiger partial charge in [-0.05, 0) is 17.7 Å². The summed E-state index contributed by atoms with van der Waals surface area (Å²) in [4.78, 5) is 8.38. The largest absolute Gasteiger partial charge is 0.462 e. The lowest BCUT2D eigenvalue weighted by molar-refractivity contribution is -0.277. The van der Waals surface area contributed by atoms with Gasteiger partial charge in [0, 0.05) is 17.1 Å². The van der Waals surface area contributed by atoms with Crippen molar-refractivity contribution in [3.05, 3.63) is 55.0 Å². The van der Waals surface area contributed by atoms with E-state index in [0.717, 1.165) is 22.0 Å². The Labute approximate surface area is 160 Å². The molecule has 146 valence electrons. The third-order valence-electron chi connectivity index (χ3n) is 4.80. The van der Waals surface area contributed by atoms with Crippen LogP contribution in [0.4, 0.5) is 0 Å². The maximum atomic E-state index is 10.1. The molecule has 1 fully saturated rings. The van der Waals surface area contributed by atoms with Crippen LogP contribution in [0.2, 0.25) is 0 Å². The van der Waals surface area contributed by atoms with Gasteiger partial charge in [-0.1, -0.05) is 30.3 Å². The zero-order valence-electron chi connectivity index (χ0n) is 14.8. The Morgan fingerprint density at radius 1 is 0.964 bits per heavy atom. The van der Waals surface area contributed by atoms with Gasteiger partial charge in [-0.3, -0.25) is 0 Å². The molecule has 0 saturated carbocycles. The predicted molar refractivity (Wildman–Crippen MR) is 99.4 cm³/mol. The number of benzene rings is 2. The molecule has 3 aromatic rings. The van der Waals surface area contributed by atoms with Crippen LogP contribution in [0.3, 0.4) is 0 Å². The summed E-state index contributed by atoms with van der Waals surface area (Å²) in [6, 6.07) is 12.9. The van der Waals surface area contributed by atoms with Gasteiger partial charge in [0.15, 0.2) is 0 Å². The lowest BCUT2D eigenvalue weighted by Crippen LogP contribution is -2.60. The first kappa shape index (κ1) is 18.7. The molecule has 0 radical (unpaired) electrons. The third kappa shape index (κ3) is 3.44. The van der Waals surface area contributed by atoms with E-state index < -0.39 is 37.3 Å². The number of aromatic nitrogens is 2. The smallest absolute Gasteiger partial charge is 0.229 e. The van der Waals surface area contributed by atoms with Gasteiger partial charge in [0.05, 0.1) is 12.1 Å². The van der Waals surface area contributed by atoms with Crippen LogP contribution in [-0.2, 0) is 4.74 Å². The van der Waals surface area contributed by atoms with Gasteiger partial charge in [0.25, 0.3) is 0 Å². The van der Waals surface area contributed by atoms with Crippen LogP contribution in [0.25, 0.3) is 22.0 Å². The van der Waals surface area contributed by atoms with Crippen molar-refractivity contribution in [3.63, 3.8) is 0 Å². The maximum absolute atomic E-state index is 10.1. The van der Waals surface area contributed by atoms with Crippen LogP contribution in [0.5, 0.6) is 5.75 Å². The SMILES string of the molecule is OCC1OC(Oc2ccc(-c3cccc4cncnc34)cc2)C(O)C(O)C1O. The Hall–Kier alpha value is -2.62. The molecule has 5 atom stereocenters. The maximum Gasteiger partial charge on any atom is 0.229 e. The van der Waals surface area contributed by atoms with E-state index in [2.05, 4.69) is 9.97 Å². The molecule has 1 saturated heterocycles. The van der Waals surface area contributed by atoms with Crippen LogP contribution >= 0.6 is 0 Å². The number of aliphatic hydroxyl groups excluding tert-OH is 4. The molecule has 0 aliphatic carbocycles. The molecule has 2 heterocycles. The number of nitrogens with zero attached hydrogens (tertiary/aromatic N) is 2. The molecule has 28 heavy (non-hydrogen) atoms. The van der Waals surface area contributed by atoms with Crippen molar-refractivity contribution in [3.8, 4) is 16.9 Å². The Morgan fingerprint density at radius 3 is 2.50 bits per heavy atom. The number of ether oxygens (including phenoxy) is 2. The van der Waals surface area contributed by atoms with Gasteiger partial charge < -0.3 is 29.9 Å². The molecule has 4 rings (SSSR count). The van der Waals surface area contributed by atoms with E-state index in [4.69, 9.17) is 9.47 Å². The molecule has 5 unspecified atom stereocenters. The standard InChI is InChI=1S/C20H20N2O6/c23-9-15-17(24)18(25)19(26)20(28-15)27-13-6-4-11(5-7-13)14-3-1-2-12-8-21-10-22-16(12)14/h1-8,10,15,17-20,23-26H,9H2. The minimum Gasteiger partial charge on any atom is -0.462 e. The van der Waals surface area contributed by atoms with Crippen LogP contribution in [0.1, 0.15) is 0 Å². The molecule has 1 aliphatic heterocycles. The minimum absolute atomic E-state index is 0.406. The molecule has 4 N–H and O–H groups in total. The fourth-order valence-electron chi connectivity index (χ4n) is 3.26. The molecule has 8 nitrogen and oxygen atoms in total. The van der Waals surface area contributed by atoms with Crippen LogP contribution in [0, 0.1) is 0 Å². The van der Waals surface area contributed by atoms with E-state index >= 15 is 0 Å². The fourth-order valence-corrected chi connectivity index (χ4v) is 3.26. The highest BCUT2D eigenvalue weighted by Crippen LogP contribution is 2.29. The summed E-state index contributed by atoms with van der Waals surface area (Å²) in [5, 5.41) is 40.0. The van der Waals surface area contributed by atoms with Gasteiger partial charge in [-0.15, -0.1) is 0 Å². The first-order valence-electron chi connectivity index (χ1n) is 8.85. The van der Waals surface area contributed by atoms with Crippen molar-refractivity contribution in [2.75, 3.05) is 6.61 Å². The summed E-state index contributed by atoms with van der Waals surface area (Å²) in [6.45, 7) is -0.507. The summed E-state index contributed by atoms with van der Waals surface area (Å²) in [6.07, 6.45) is -3.33. The highest BCUT2D eigenvalue weighted by Gasteiger charge is 2.44. The second kappa shape index (κ2) is 7.78. The number of aliphatic hydroxyl groups is 4. The number of para-hydroxylation sites is 1. The summed E-state index contributed by atoms with van der Waals surface area (Å²) in [5.41, 5.74) is 2.70. The molecule has 0 bridgehead atoms. The molecule has 1 aliphatic rings. The van der Waals surface area contributed by atoms with Gasteiger partial charge in [-0.2, -0.15) is 0 Å². The van der Waals surface area contributed by atoms with Gasteiger partial charge in [0.2, 0.25) is 6.29 Å². The number of fused-ring (bicyclic) bond motifs is 1.